The average Bonchev–Trinajstić information content (AvgIpc) is 2.85. The van der Waals surface area contributed by atoms with Crippen molar-refractivity contribution < 1.29 is 28.5 Å². The van der Waals surface area contributed by atoms with E-state index in [4.69, 9.17) is 18.9 Å². The van der Waals surface area contributed by atoms with Gasteiger partial charge in [-0.3, -0.25) is 9.59 Å². The summed E-state index contributed by atoms with van der Waals surface area (Å²) in [6.07, 6.45) is 0. The molecule has 0 aliphatic rings. The summed E-state index contributed by atoms with van der Waals surface area (Å²) in [4.78, 5) is 25.5. The van der Waals surface area contributed by atoms with Crippen LogP contribution in [0.1, 0.15) is 31.8 Å². The number of ketones is 2. The molecule has 0 heterocycles. The third-order valence-corrected chi connectivity index (χ3v) is 4.68. The summed E-state index contributed by atoms with van der Waals surface area (Å²) in [5, 5.41) is 0. The first-order valence-electron chi connectivity index (χ1n) is 9.65. The molecule has 0 unspecified atom stereocenters. The van der Waals surface area contributed by atoms with Gasteiger partial charge in [0.05, 0.1) is 28.4 Å². The molecule has 6 heteroatoms. The topological polar surface area (TPSA) is 71.1 Å². The second kappa shape index (κ2) is 10.2. The summed E-state index contributed by atoms with van der Waals surface area (Å²) in [6.45, 7) is 0. The predicted molar refractivity (Wildman–Crippen MR) is 120 cm³/mol. The number of hydrogen-bond donors (Lipinski definition) is 0. The van der Waals surface area contributed by atoms with E-state index in [0.717, 1.165) is 0 Å². The minimum atomic E-state index is -0.645. The predicted octanol–water partition coefficient (Wildman–Crippen LogP) is 4.19. The Bertz CT molecular complexity index is 1190. The lowest BCUT2D eigenvalue weighted by Crippen LogP contribution is -2.14. The van der Waals surface area contributed by atoms with Crippen molar-refractivity contribution >= 4 is 11.6 Å². The first-order valence-corrected chi connectivity index (χ1v) is 9.65. The molecule has 3 aromatic rings. The van der Waals surface area contributed by atoms with Crippen LogP contribution in [0.5, 0.6) is 23.0 Å². The Kier molecular flexibility index (Phi) is 7.14. The molecule has 0 bridgehead atoms. The Labute approximate surface area is 186 Å². The van der Waals surface area contributed by atoms with Gasteiger partial charge in [0, 0.05) is 28.3 Å². The number of hydrogen-bond acceptors (Lipinski definition) is 6. The summed E-state index contributed by atoms with van der Waals surface area (Å²) in [5.41, 5.74) is 1.75. The van der Waals surface area contributed by atoms with E-state index in [1.165, 1.54) is 26.4 Å². The molecular weight excluding hydrogens is 408 g/mol. The van der Waals surface area contributed by atoms with Crippen molar-refractivity contribution in [1.29, 1.82) is 0 Å². The quantitative estimate of drug-likeness (QED) is 0.318. The third kappa shape index (κ3) is 5.08. The molecule has 0 aromatic heterocycles. The van der Waals surface area contributed by atoms with E-state index in [9.17, 15) is 9.59 Å². The number of ether oxygens (including phenoxy) is 4. The number of carbonyl (C=O) groups excluding carboxylic acids is 2. The molecule has 0 radical (unpaired) electrons. The standard InChI is InChI=1S/C26H22O6/c1-29-21-13-18(14-22(16-21)30-2)9-8-17-6-5-7-19(12-17)25(27)26(28)20-10-11-23(31-3)24(15-20)32-4/h5-7,10-16H,1-4H3. The van der Waals surface area contributed by atoms with Crippen LogP contribution in [0.2, 0.25) is 0 Å². The van der Waals surface area contributed by atoms with E-state index in [1.807, 2.05) is 0 Å². The maximum absolute atomic E-state index is 12.8. The van der Waals surface area contributed by atoms with Gasteiger partial charge in [0.25, 0.3) is 0 Å². The maximum atomic E-state index is 12.8. The molecule has 0 fully saturated rings. The monoisotopic (exact) mass is 430 g/mol. The lowest BCUT2D eigenvalue weighted by atomic mass is 9.99. The lowest BCUT2D eigenvalue weighted by Gasteiger charge is -2.09. The van der Waals surface area contributed by atoms with Crippen molar-refractivity contribution in [3.63, 3.8) is 0 Å². The lowest BCUT2D eigenvalue weighted by molar-refractivity contribution is 0.0816. The van der Waals surface area contributed by atoms with Crippen molar-refractivity contribution in [3.05, 3.63) is 82.9 Å². The SMILES string of the molecule is COc1cc(C#Cc2cccc(C(=O)C(=O)c3ccc(OC)c(OC)c3)c2)cc(OC)c1. The zero-order valence-electron chi connectivity index (χ0n) is 18.2. The highest BCUT2D eigenvalue weighted by Gasteiger charge is 2.20. The van der Waals surface area contributed by atoms with Gasteiger partial charge < -0.3 is 18.9 Å². The van der Waals surface area contributed by atoms with Gasteiger partial charge in [-0.1, -0.05) is 24.0 Å². The van der Waals surface area contributed by atoms with Crippen LogP contribution in [0.4, 0.5) is 0 Å². The average molecular weight is 430 g/mol. The Hall–Kier alpha value is -4.24. The second-order valence-electron chi connectivity index (χ2n) is 6.66. The molecule has 6 nitrogen and oxygen atoms in total. The summed E-state index contributed by atoms with van der Waals surface area (Å²) in [5.74, 6) is 6.85. The summed E-state index contributed by atoms with van der Waals surface area (Å²) in [6, 6.07) is 16.5. The van der Waals surface area contributed by atoms with Gasteiger partial charge in [0.15, 0.2) is 11.5 Å². The van der Waals surface area contributed by atoms with Crippen LogP contribution >= 0.6 is 0 Å². The highest BCUT2D eigenvalue weighted by molar-refractivity contribution is 6.49. The summed E-state index contributed by atoms with van der Waals surface area (Å²) >= 11 is 0. The van der Waals surface area contributed by atoms with E-state index in [2.05, 4.69) is 11.8 Å². The summed E-state index contributed by atoms with van der Waals surface area (Å²) < 4.78 is 20.9. The fourth-order valence-electron chi connectivity index (χ4n) is 3.00. The van der Waals surface area contributed by atoms with E-state index in [0.29, 0.717) is 34.1 Å². The first kappa shape index (κ1) is 22.4. The van der Waals surface area contributed by atoms with Crippen LogP contribution in [0.15, 0.2) is 60.7 Å². The summed E-state index contributed by atoms with van der Waals surface area (Å²) in [7, 11) is 6.10. The molecule has 0 saturated carbocycles. The number of benzene rings is 3. The minimum Gasteiger partial charge on any atom is -0.497 e. The molecule has 32 heavy (non-hydrogen) atoms. The van der Waals surface area contributed by atoms with Crippen LogP contribution in [-0.2, 0) is 0 Å². The third-order valence-electron chi connectivity index (χ3n) is 4.68. The molecule has 0 amide bonds. The molecule has 162 valence electrons. The molecule has 0 atom stereocenters. The van der Waals surface area contributed by atoms with Gasteiger partial charge in [-0.2, -0.15) is 0 Å². The molecular formula is C26H22O6. The van der Waals surface area contributed by atoms with Crippen molar-refractivity contribution in [2.24, 2.45) is 0 Å². The number of rotatable bonds is 7. The van der Waals surface area contributed by atoms with Gasteiger partial charge in [0.2, 0.25) is 11.6 Å². The number of methoxy groups -OCH3 is 4. The number of carbonyl (C=O) groups is 2. The van der Waals surface area contributed by atoms with E-state index in [-0.39, 0.29) is 11.1 Å². The van der Waals surface area contributed by atoms with Crippen molar-refractivity contribution in [2.45, 2.75) is 0 Å². The van der Waals surface area contributed by atoms with Crippen molar-refractivity contribution in [1.82, 2.24) is 0 Å². The van der Waals surface area contributed by atoms with Crippen LogP contribution in [0.3, 0.4) is 0 Å². The van der Waals surface area contributed by atoms with Crippen LogP contribution in [0.25, 0.3) is 0 Å². The molecule has 0 aliphatic heterocycles. The van der Waals surface area contributed by atoms with Gasteiger partial charge >= 0.3 is 0 Å². The number of Topliss-reactive ketones (excluding diaryl/α,β-unsaturated/α-hetero) is 2. The normalized spacial score (nSPS) is 9.88. The molecule has 3 aromatic carbocycles. The fraction of sp³-hybridized carbons (Fsp3) is 0.154. The van der Waals surface area contributed by atoms with Gasteiger partial charge in [-0.15, -0.1) is 0 Å². The van der Waals surface area contributed by atoms with Crippen LogP contribution in [-0.4, -0.2) is 40.0 Å². The zero-order chi connectivity index (χ0) is 23.1. The Morgan fingerprint density at radius 1 is 0.594 bits per heavy atom. The Balaban J connectivity index is 1.86. The molecule has 0 aliphatic carbocycles. The van der Waals surface area contributed by atoms with Crippen LogP contribution in [0, 0.1) is 11.8 Å². The highest BCUT2D eigenvalue weighted by atomic mass is 16.5. The smallest absolute Gasteiger partial charge is 0.233 e. The van der Waals surface area contributed by atoms with E-state index in [1.54, 1.807) is 62.8 Å². The maximum Gasteiger partial charge on any atom is 0.233 e. The van der Waals surface area contributed by atoms with Gasteiger partial charge in [-0.05, 0) is 42.5 Å². The fourth-order valence-corrected chi connectivity index (χ4v) is 3.00. The zero-order valence-corrected chi connectivity index (χ0v) is 18.2. The van der Waals surface area contributed by atoms with Crippen molar-refractivity contribution in [2.75, 3.05) is 28.4 Å². The minimum absolute atomic E-state index is 0.215. The largest absolute Gasteiger partial charge is 0.497 e. The first-order chi connectivity index (χ1) is 15.5. The Morgan fingerprint density at radius 3 is 1.78 bits per heavy atom. The molecule has 0 spiro atoms. The highest BCUT2D eigenvalue weighted by Crippen LogP contribution is 2.28. The van der Waals surface area contributed by atoms with E-state index >= 15 is 0 Å². The molecule has 0 N–H and O–H groups in total. The second-order valence-corrected chi connectivity index (χ2v) is 6.66. The molecule has 3 rings (SSSR count). The van der Waals surface area contributed by atoms with Gasteiger partial charge in [0.1, 0.15) is 11.5 Å². The molecule has 0 saturated heterocycles. The van der Waals surface area contributed by atoms with E-state index < -0.39 is 11.6 Å². The van der Waals surface area contributed by atoms with Gasteiger partial charge in [-0.25, -0.2) is 0 Å². The van der Waals surface area contributed by atoms with Crippen molar-refractivity contribution in [3.8, 4) is 34.8 Å². The Morgan fingerprint density at radius 2 is 1.19 bits per heavy atom. The van der Waals surface area contributed by atoms with Crippen LogP contribution < -0.4 is 18.9 Å².